The van der Waals surface area contributed by atoms with E-state index in [-0.39, 0.29) is 11.3 Å². The number of rotatable bonds is 5. The Labute approximate surface area is 129 Å². The molecule has 0 fully saturated rings. The van der Waals surface area contributed by atoms with Crippen LogP contribution in [0.15, 0.2) is 22.7 Å². The maximum absolute atomic E-state index is 13.2. The van der Waals surface area contributed by atoms with Crippen LogP contribution in [0.5, 0.6) is 5.75 Å². The van der Waals surface area contributed by atoms with Crippen LogP contribution in [-0.2, 0) is 4.79 Å². The SMILES string of the molecule is COc1cc(Br)ccc1C(C(C)C)C(O)(C=O)C(F)(F)F. The van der Waals surface area contributed by atoms with Crippen molar-refractivity contribution in [1.82, 2.24) is 0 Å². The van der Waals surface area contributed by atoms with Crippen LogP contribution in [0.1, 0.15) is 25.3 Å². The minimum atomic E-state index is -5.08. The van der Waals surface area contributed by atoms with Gasteiger partial charge in [0.1, 0.15) is 5.75 Å². The fourth-order valence-corrected chi connectivity index (χ4v) is 2.70. The topological polar surface area (TPSA) is 46.5 Å². The highest BCUT2D eigenvalue weighted by Crippen LogP contribution is 2.46. The third-order valence-corrected chi connectivity index (χ3v) is 3.80. The molecule has 0 heterocycles. The van der Waals surface area contributed by atoms with Gasteiger partial charge in [0.25, 0.3) is 0 Å². The van der Waals surface area contributed by atoms with Gasteiger partial charge in [-0.3, -0.25) is 4.79 Å². The van der Waals surface area contributed by atoms with Gasteiger partial charge in [-0.15, -0.1) is 0 Å². The minimum Gasteiger partial charge on any atom is -0.496 e. The lowest BCUT2D eigenvalue weighted by Crippen LogP contribution is -2.53. The number of carbonyl (C=O) groups excluding carboxylic acids is 1. The predicted molar refractivity (Wildman–Crippen MR) is 75.3 cm³/mol. The number of benzene rings is 1. The fourth-order valence-electron chi connectivity index (χ4n) is 2.36. The van der Waals surface area contributed by atoms with Gasteiger partial charge in [0, 0.05) is 16.0 Å². The molecule has 0 spiro atoms. The summed E-state index contributed by atoms with van der Waals surface area (Å²) in [7, 11) is 1.32. The summed E-state index contributed by atoms with van der Waals surface area (Å²) in [6.07, 6.45) is -5.53. The second-order valence-corrected chi connectivity index (χ2v) is 5.96. The molecule has 0 saturated carbocycles. The smallest absolute Gasteiger partial charge is 0.424 e. The normalized spacial score (nSPS) is 16.4. The Morgan fingerprint density at radius 2 is 1.90 bits per heavy atom. The summed E-state index contributed by atoms with van der Waals surface area (Å²) in [5.74, 6) is -1.94. The van der Waals surface area contributed by atoms with Crippen LogP contribution in [0.4, 0.5) is 13.2 Å². The number of aliphatic hydroxyl groups is 1. The molecule has 1 aromatic carbocycles. The average molecular weight is 369 g/mol. The summed E-state index contributed by atoms with van der Waals surface area (Å²) in [6, 6.07) is 4.44. The Bertz CT molecular complexity index is 517. The molecule has 0 aliphatic rings. The van der Waals surface area contributed by atoms with E-state index in [9.17, 15) is 23.1 Å². The van der Waals surface area contributed by atoms with Crippen molar-refractivity contribution in [2.24, 2.45) is 5.92 Å². The highest BCUT2D eigenvalue weighted by Gasteiger charge is 2.60. The van der Waals surface area contributed by atoms with E-state index in [0.717, 1.165) is 0 Å². The van der Waals surface area contributed by atoms with Crippen molar-refractivity contribution in [3.05, 3.63) is 28.2 Å². The van der Waals surface area contributed by atoms with Gasteiger partial charge in [-0.25, -0.2) is 0 Å². The van der Waals surface area contributed by atoms with Gasteiger partial charge in [0.2, 0.25) is 5.60 Å². The first-order chi connectivity index (χ1) is 9.58. The van der Waals surface area contributed by atoms with Crippen molar-refractivity contribution in [2.75, 3.05) is 7.11 Å². The van der Waals surface area contributed by atoms with E-state index < -0.39 is 29.9 Å². The van der Waals surface area contributed by atoms with Crippen LogP contribution in [0.25, 0.3) is 0 Å². The Balaban J connectivity index is 3.54. The zero-order chi connectivity index (χ0) is 16.4. The standard InChI is InChI=1S/C14H16BrF3O3/c1-8(2)12(13(20,7-19)14(16,17)18)10-5-4-9(15)6-11(10)21-3/h4-8,12,20H,1-3H3. The van der Waals surface area contributed by atoms with Gasteiger partial charge in [-0.2, -0.15) is 13.2 Å². The summed E-state index contributed by atoms with van der Waals surface area (Å²) in [5.41, 5.74) is -3.34. The van der Waals surface area contributed by atoms with Crippen LogP contribution >= 0.6 is 15.9 Å². The molecule has 0 amide bonds. The molecule has 7 heteroatoms. The van der Waals surface area contributed by atoms with Gasteiger partial charge in [-0.1, -0.05) is 35.8 Å². The first-order valence-electron chi connectivity index (χ1n) is 6.17. The van der Waals surface area contributed by atoms with E-state index in [1.54, 1.807) is 0 Å². The molecule has 1 N–H and O–H groups in total. The second-order valence-electron chi connectivity index (χ2n) is 5.05. The van der Waals surface area contributed by atoms with Crippen LogP contribution in [-0.4, -0.2) is 30.3 Å². The molecule has 1 rings (SSSR count). The van der Waals surface area contributed by atoms with Crippen molar-refractivity contribution in [2.45, 2.75) is 31.5 Å². The number of alkyl halides is 3. The number of carbonyl (C=O) groups is 1. The van der Waals surface area contributed by atoms with Gasteiger partial charge in [0.15, 0.2) is 6.29 Å². The van der Waals surface area contributed by atoms with E-state index in [1.807, 2.05) is 0 Å². The number of aldehydes is 1. The van der Waals surface area contributed by atoms with Gasteiger partial charge >= 0.3 is 6.18 Å². The number of halogens is 4. The maximum Gasteiger partial charge on any atom is 0.424 e. The molecule has 0 bridgehead atoms. The van der Waals surface area contributed by atoms with E-state index in [0.29, 0.717) is 4.47 Å². The number of hydrogen-bond donors (Lipinski definition) is 1. The first kappa shape index (κ1) is 18.0. The highest BCUT2D eigenvalue weighted by molar-refractivity contribution is 9.10. The van der Waals surface area contributed by atoms with Crippen LogP contribution < -0.4 is 4.74 Å². The molecule has 0 saturated heterocycles. The summed E-state index contributed by atoms with van der Waals surface area (Å²) in [5, 5.41) is 9.97. The summed E-state index contributed by atoms with van der Waals surface area (Å²) in [6.45, 7) is 3.01. The van der Waals surface area contributed by atoms with Crippen LogP contribution in [0, 0.1) is 5.92 Å². The Morgan fingerprint density at radius 1 is 1.33 bits per heavy atom. The molecule has 3 nitrogen and oxygen atoms in total. The maximum atomic E-state index is 13.2. The second kappa shape index (κ2) is 6.36. The van der Waals surface area contributed by atoms with E-state index in [2.05, 4.69) is 15.9 Å². The molecular formula is C14H16BrF3O3. The average Bonchev–Trinajstić information content (AvgIpc) is 2.38. The Kier molecular flexibility index (Phi) is 5.44. The highest BCUT2D eigenvalue weighted by atomic mass is 79.9. The van der Waals surface area contributed by atoms with Gasteiger partial charge < -0.3 is 9.84 Å². The molecule has 0 radical (unpaired) electrons. The van der Waals surface area contributed by atoms with Gasteiger partial charge in [-0.05, 0) is 18.1 Å². The van der Waals surface area contributed by atoms with Crippen molar-refractivity contribution < 1.29 is 27.8 Å². The van der Waals surface area contributed by atoms with Crippen molar-refractivity contribution >= 4 is 22.2 Å². The molecular weight excluding hydrogens is 353 g/mol. The number of hydrogen-bond acceptors (Lipinski definition) is 3. The van der Waals surface area contributed by atoms with Crippen LogP contribution in [0.2, 0.25) is 0 Å². The molecule has 1 aromatic rings. The Morgan fingerprint density at radius 3 is 2.29 bits per heavy atom. The molecule has 0 aliphatic heterocycles. The number of ether oxygens (including phenoxy) is 1. The Hall–Kier alpha value is -1.08. The monoisotopic (exact) mass is 368 g/mol. The largest absolute Gasteiger partial charge is 0.496 e. The molecule has 0 aliphatic carbocycles. The van der Waals surface area contributed by atoms with E-state index in [1.165, 1.54) is 39.2 Å². The summed E-state index contributed by atoms with van der Waals surface area (Å²) < 4.78 is 45.3. The van der Waals surface area contributed by atoms with Crippen LogP contribution in [0.3, 0.4) is 0 Å². The molecule has 2 unspecified atom stereocenters. The molecule has 2 atom stereocenters. The summed E-state index contributed by atoms with van der Waals surface area (Å²) >= 11 is 3.20. The third kappa shape index (κ3) is 3.40. The molecule has 0 aromatic heterocycles. The first-order valence-corrected chi connectivity index (χ1v) is 6.96. The third-order valence-electron chi connectivity index (χ3n) is 3.31. The van der Waals surface area contributed by atoms with Crippen molar-refractivity contribution in [3.63, 3.8) is 0 Å². The lowest BCUT2D eigenvalue weighted by Gasteiger charge is -2.36. The lowest BCUT2D eigenvalue weighted by molar-refractivity contribution is -0.255. The minimum absolute atomic E-state index is 0.127. The molecule has 118 valence electrons. The molecule has 21 heavy (non-hydrogen) atoms. The van der Waals surface area contributed by atoms with E-state index in [4.69, 9.17) is 4.74 Å². The van der Waals surface area contributed by atoms with E-state index >= 15 is 0 Å². The van der Waals surface area contributed by atoms with Crippen molar-refractivity contribution in [3.8, 4) is 5.75 Å². The fraction of sp³-hybridized carbons (Fsp3) is 0.500. The lowest BCUT2D eigenvalue weighted by atomic mass is 9.75. The zero-order valence-electron chi connectivity index (χ0n) is 11.7. The quantitative estimate of drug-likeness (QED) is 0.806. The zero-order valence-corrected chi connectivity index (χ0v) is 13.3. The number of methoxy groups -OCH3 is 1. The van der Waals surface area contributed by atoms with Gasteiger partial charge in [0.05, 0.1) is 7.11 Å². The summed E-state index contributed by atoms with van der Waals surface area (Å²) in [4.78, 5) is 11.0. The van der Waals surface area contributed by atoms with Crippen molar-refractivity contribution in [1.29, 1.82) is 0 Å². The predicted octanol–water partition coefficient (Wildman–Crippen LogP) is 3.69.